The van der Waals surface area contributed by atoms with Gasteiger partial charge in [-0.15, -0.1) is 23.1 Å². The molecule has 0 radical (unpaired) electrons. The quantitative estimate of drug-likeness (QED) is 0.356. The van der Waals surface area contributed by atoms with Crippen molar-refractivity contribution in [1.29, 1.82) is 0 Å². The van der Waals surface area contributed by atoms with E-state index in [-0.39, 0.29) is 30.7 Å². The van der Waals surface area contributed by atoms with Gasteiger partial charge in [0, 0.05) is 11.1 Å². The third-order valence-electron chi connectivity index (χ3n) is 5.24. The van der Waals surface area contributed by atoms with E-state index in [0.29, 0.717) is 16.5 Å². The molecule has 8 nitrogen and oxygen atoms in total. The van der Waals surface area contributed by atoms with Crippen molar-refractivity contribution in [2.75, 3.05) is 17.8 Å². The number of ether oxygens (including phenoxy) is 1. The average Bonchev–Trinajstić information content (AvgIpc) is 3.40. The summed E-state index contributed by atoms with van der Waals surface area (Å²) in [5.74, 6) is 0.0682. The number of rotatable bonds is 5. The van der Waals surface area contributed by atoms with Crippen LogP contribution < -0.4 is 10.6 Å². The van der Waals surface area contributed by atoms with Crippen LogP contribution in [0.1, 0.15) is 44.3 Å². The Balaban J connectivity index is 1.89. The molecule has 2 aliphatic rings. The van der Waals surface area contributed by atoms with Crippen LogP contribution in [0, 0.1) is 5.92 Å². The molecule has 0 saturated carbocycles. The Bertz CT molecular complexity index is 946. The number of hydrogen-bond donors (Lipinski definition) is 2. The van der Waals surface area contributed by atoms with Crippen molar-refractivity contribution in [3.63, 3.8) is 0 Å². The fraction of sp³-hybridized carbons (Fsp3) is 0.591. The van der Waals surface area contributed by atoms with Gasteiger partial charge in [0.25, 0.3) is 0 Å². The molecule has 0 saturated heterocycles. The number of cyclic esters (lactones) is 1. The summed E-state index contributed by atoms with van der Waals surface area (Å²) < 4.78 is 5.70. The molecule has 3 rings (SSSR count). The van der Waals surface area contributed by atoms with E-state index in [9.17, 15) is 14.4 Å². The Morgan fingerprint density at radius 3 is 2.88 bits per heavy atom. The van der Waals surface area contributed by atoms with Crippen LogP contribution in [0.2, 0.25) is 0 Å². The maximum absolute atomic E-state index is 13.1. The highest BCUT2D eigenvalue weighted by molar-refractivity contribution is 8.14. The van der Waals surface area contributed by atoms with Crippen molar-refractivity contribution in [3.05, 3.63) is 28.2 Å². The lowest BCUT2D eigenvalue weighted by Gasteiger charge is -2.27. The summed E-state index contributed by atoms with van der Waals surface area (Å²) in [6, 6.07) is -0.845. The predicted molar refractivity (Wildman–Crippen MR) is 135 cm³/mol. The van der Waals surface area contributed by atoms with Gasteiger partial charge in [0.15, 0.2) is 0 Å². The summed E-state index contributed by atoms with van der Waals surface area (Å²) >= 11 is 4.61. The van der Waals surface area contributed by atoms with E-state index in [1.54, 1.807) is 24.8 Å². The molecule has 180 valence electrons. The number of nitrogens with one attached hydrogen (secondary N) is 2. The Kier molecular flexibility index (Phi) is 9.00. The van der Waals surface area contributed by atoms with Crippen molar-refractivity contribution >= 4 is 57.7 Å². The first kappa shape index (κ1) is 25.8. The van der Waals surface area contributed by atoms with E-state index in [0.717, 1.165) is 17.2 Å². The van der Waals surface area contributed by atoms with Crippen molar-refractivity contribution in [2.24, 2.45) is 10.9 Å². The van der Waals surface area contributed by atoms with Gasteiger partial charge < -0.3 is 15.4 Å². The molecule has 33 heavy (non-hydrogen) atoms. The van der Waals surface area contributed by atoms with Crippen LogP contribution in [0.15, 0.2) is 22.5 Å². The molecule has 4 bridgehead atoms. The third-order valence-corrected chi connectivity index (χ3v) is 8.01. The molecule has 1 aromatic rings. The topological polar surface area (TPSA) is 110 Å². The zero-order valence-electron chi connectivity index (χ0n) is 19.3. The van der Waals surface area contributed by atoms with E-state index >= 15 is 0 Å². The van der Waals surface area contributed by atoms with Gasteiger partial charge >= 0.3 is 5.97 Å². The van der Waals surface area contributed by atoms with E-state index in [4.69, 9.17) is 4.74 Å². The molecule has 0 spiro atoms. The lowest BCUT2D eigenvalue weighted by Crippen LogP contribution is -2.53. The largest absolute Gasteiger partial charge is 0.456 e. The number of allylic oxidation sites excluding steroid dienone is 1. The number of nitrogens with zero attached hydrogens (tertiary/aromatic N) is 2. The Labute approximate surface area is 206 Å². The number of thiazole rings is 1. The molecule has 0 fully saturated rings. The fourth-order valence-electron chi connectivity index (χ4n) is 3.26. The lowest BCUT2D eigenvalue weighted by molar-refractivity contribution is -0.153. The van der Waals surface area contributed by atoms with Gasteiger partial charge in [-0.1, -0.05) is 19.9 Å². The molecule has 3 heterocycles. The second-order valence-corrected chi connectivity index (χ2v) is 11.4. The summed E-state index contributed by atoms with van der Waals surface area (Å²) in [4.78, 5) is 48.0. The van der Waals surface area contributed by atoms with Crippen LogP contribution in [0.3, 0.4) is 0 Å². The van der Waals surface area contributed by atoms with Crippen LogP contribution >= 0.6 is 34.9 Å². The van der Waals surface area contributed by atoms with E-state index in [1.807, 2.05) is 31.6 Å². The van der Waals surface area contributed by atoms with Crippen molar-refractivity contribution in [2.45, 2.75) is 57.8 Å². The normalized spacial score (nSPS) is 26.8. The van der Waals surface area contributed by atoms with Gasteiger partial charge in [-0.3, -0.25) is 14.6 Å². The molecule has 0 unspecified atom stereocenters. The summed E-state index contributed by atoms with van der Waals surface area (Å²) in [6.07, 6.45) is 5.77. The number of esters is 1. The molecule has 2 aliphatic heterocycles. The third kappa shape index (κ3) is 6.83. The van der Waals surface area contributed by atoms with Gasteiger partial charge in [-0.05, 0) is 37.3 Å². The molecule has 2 amide bonds. The van der Waals surface area contributed by atoms with Crippen molar-refractivity contribution in [1.82, 2.24) is 15.6 Å². The number of amides is 2. The summed E-state index contributed by atoms with van der Waals surface area (Å²) in [7, 11) is 0. The molecular weight excluding hydrogens is 480 g/mol. The molecule has 1 aromatic heterocycles. The number of fused-ring (bicyclic) bond motifs is 4. The summed E-state index contributed by atoms with van der Waals surface area (Å²) in [5.41, 5.74) is -0.299. The predicted octanol–water partition coefficient (Wildman–Crippen LogP) is 2.78. The molecular formula is C22H30N4O4S3. The van der Waals surface area contributed by atoms with Gasteiger partial charge in [0.05, 0.1) is 13.0 Å². The Hall–Kier alpha value is -1.85. The van der Waals surface area contributed by atoms with Crippen LogP contribution in [-0.4, -0.2) is 63.3 Å². The fourth-order valence-corrected chi connectivity index (χ4v) is 5.56. The van der Waals surface area contributed by atoms with Crippen LogP contribution in [0.5, 0.6) is 0 Å². The number of thioether (sulfide) groups is 2. The first-order valence-electron chi connectivity index (χ1n) is 10.8. The second-order valence-electron chi connectivity index (χ2n) is 8.47. The monoisotopic (exact) mass is 510 g/mol. The van der Waals surface area contributed by atoms with Crippen molar-refractivity contribution in [3.8, 4) is 0 Å². The molecule has 0 aromatic carbocycles. The van der Waals surface area contributed by atoms with Crippen LogP contribution in [0.25, 0.3) is 0 Å². The molecule has 3 atom stereocenters. The molecule has 0 aliphatic carbocycles. The Morgan fingerprint density at radius 1 is 1.36 bits per heavy atom. The second kappa shape index (κ2) is 11.5. The maximum Gasteiger partial charge on any atom is 0.329 e. The minimum absolute atomic E-state index is 0.00121. The van der Waals surface area contributed by atoms with Gasteiger partial charge in [0.1, 0.15) is 33.4 Å². The summed E-state index contributed by atoms with van der Waals surface area (Å²) in [6.45, 7) is 5.74. The van der Waals surface area contributed by atoms with Crippen LogP contribution in [0.4, 0.5) is 0 Å². The first-order valence-corrected chi connectivity index (χ1v) is 14.1. The number of carbonyl (C=O) groups excluding carboxylic acids is 3. The lowest BCUT2D eigenvalue weighted by atomic mass is 10.0. The number of hydrogen-bond acceptors (Lipinski definition) is 9. The highest BCUT2D eigenvalue weighted by Crippen LogP contribution is 2.32. The van der Waals surface area contributed by atoms with Gasteiger partial charge in [0.2, 0.25) is 11.8 Å². The highest BCUT2D eigenvalue weighted by Gasteiger charge is 2.41. The number of aliphatic imine (C=N–C) groups is 1. The van der Waals surface area contributed by atoms with E-state index in [2.05, 4.69) is 20.6 Å². The minimum atomic E-state index is -1.00. The summed E-state index contributed by atoms with van der Waals surface area (Å²) in [5, 5.41) is 9.02. The SMILES string of the molecule is CSCC/C=C/[C@@H]1CC(=O)NCc2nc(cs2)C2=N[C@@](C)(CS2)C(=O)N[C@@H](C(C)C)C(=O)O1. The standard InChI is InChI=1S/C22H30N4O4S3/c1-13(2)18-20(28)30-14(7-5-6-8-31-4)9-16(27)23-10-17-24-15(11-32-17)19-26-22(3,12-33-19)21(29)25-18/h5,7,11,13-14,18H,6,8-10,12H2,1-4H3,(H,23,27)(H,25,29)/b7-5+/t14-,18+,22+/m1/s1. The van der Waals surface area contributed by atoms with E-state index in [1.165, 1.54) is 23.1 Å². The zero-order chi connectivity index (χ0) is 24.0. The van der Waals surface area contributed by atoms with Crippen molar-refractivity contribution < 1.29 is 19.1 Å². The minimum Gasteiger partial charge on any atom is -0.456 e. The number of aromatic nitrogens is 1. The molecule has 2 N–H and O–H groups in total. The maximum atomic E-state index is 13.1. The smallest absolute Gasteiger partial charge is 0.329 e. The molecule has 11 heteroatoms. The van der Waals surface area contributed by atoms with Gasteiger partial charge in [-0.2, -0.15) is 11.8 Å². The zero-order valence-corrected chi connectivity index (χ0v) is 21.7. The Morgan fingerprint density at radius 2 is 2.15 bits per heavy atom. The van der Waals surface area contributed by atoms with Gasteiger partial charge in [-0.25, -0.2) is 9.78 Å². The van der Waals surface area contributed by atoms with E-state index < -0.39 is 23.7 Å². The first-order chi connectivity index (χ1) is 15.7. The number of carbonyl (C=O) groups is 3. The van der Waals surface area contributed by atoms with Crippen LogP contribution in [-0.2, 0) is 25.7 Å². The highest BCUT2D eigenvalue weighted by atomic mass is 32.2. The average molecular weight is 511 g/mol.